The molecule has 1 unspecified atom stereocenters. The van der Waals surface area contributed by atoms with Crippen LogP contribution in [0, 0.1) is 17.8 Å². The van der Waals surface area contributed by atoms with E-state index in [4.69, 9.17) is 4.74 Å². The number of nitrogens with one attached hydrogen (secondary N) is 1. The van der Waals surface area contributed by atoms with Gasteiger partial charge in [0.1, 0.15) is 11.8 Å². The molecule has 0 aromatic heterocycles. The molecular formula is C24H38N2O3. The number of benzene rings is 1. The Hall–Kier alpha value is -2.04. The van der Waals surface area contributed by atoms with Gasteiger partial charge in [-0.15, -0.1) is 0 Å². The van der Waals surface area contributed by atoms with E-state index in [0.29, 0.717) is 18.3 Å². The van der Waals surface area contributed by atoms with Crippen molar-refractivity contribution in [2.24, 2.45) is 17.8 Å². The highest BCUT2D eigenvalue weighted by atomic mass is 16.5. The first-order valence-corrected chi connectivity index (χ1v) is 11.0. The second-order valence-electron chi connectivity index (χ2n) is 9.04. The maximum atomic E-state index is 13.0. The molecule has 0 radical (unpaired) electrons. The lowest BCUT2D eigenvalue weighted by atomic mass is 9.90. The van der Waals surface area contributed by atoms with Gasteiger partial charge in [0.15, 0.2) is 0 Å². The van der Waals surface area contributed by atoms with E-state index < -0.39 is 6.04 Å². The zero-order chi connectivity index (χ0) is 21.4. The van der Waals surface area contributed by atoms with E-state index in [1.54, 1.807) is 7.11 Å². The topological polar surface area (TPSA) is 58.6 Å². The number of likely N-dealkylation sites (tertiary alicyclic amines) is 1. The van der Waals surface area contributed by atoms with E-state index >= 15 is 0 Å². The molecule has 0 spiro atoms. The van der Waals surface area contributed by atoms with Crippen LogP contribution in [0.15, 0.2) is 24.3 Å². The highest BCUT2D eigenvalue weighted by Gasteiger charge is 2.31. The van der Waals surface area contributed by atoms with Crippen LogP contribution in [0.2, 0.25) is 0 Å². The zero-order valence-electron chi connectivity index (χ0n) is 18.7. The van der Waals surface area contributed by atoms with Crippen LogP contribution in [0.5, 0.6) is 5.75 Å². The van der Waals surface area contributed by atoms with Crippen LogP contribution in [0.1, 0.15) is 58.9 Å². The standard InChI is InChI=1S/C24H38N2O3/c1-17(2)16-22(27)25-23(18(3)4)24(28)26-14-12-20(13-15-26)7-6-19-8-10-21(29-5)11-9-19/h8-11,17-18,20,23H,6-7,12-16H2,1-5H3,(H,25,27). The molecule has 2 amide bonds. The van der Waals surface area contributed by atoms with Gasteiger partial charge in [-0.1, -0.05) is 39.8 Å². The van der Waals surface area contributed by atoms with Crippen molar-refractivity contribution in [3.05, 3.63) is 29.8 Å². The van der Waals surface area contributed by atoms with E-state index in [1.165, 1.54) is 5.56 Å². The summed E-state index contributed by atoms with van der Waals surface area (Å²) in [4.78, 5) is 27.1. The van der Waals surface area contributed by atoms with E-state index in [1.807, 2.05) is 44.7 Å². The van der Waals surface area contributed by atoms with Gasteiger partial charge in [0.25, 0.3) is 0 Å². The maximum absolute atomic E-state index is 13.0. The molecule has 5 heteroatoms. The van der Waals surface area contributed by atoms with E-state index in [-0.39, 0.29) is 17.7 Å². The van der Waals surface area contributed by atoms with E-state index in [2.05, 4.69) is 17.4 Å². The summed E-state index contributed by atoms with van der Waals surface area (Å²) in [6, 6.07) is 7.86. The Morgan fingerprint density at radius 2 is 1.72 bits per heavy atom. The fraction of sp³-hybridized carbons (Fsp3) is 0.667. The molecule has 162 valence electrons. The second kappa shape index (κ2) is 11.2. The normalized spacial score (nSPS) is 16.2. The third-order valence-electron chi connectivity index (χ3n) is 5.77. The lowest BCUT2D eigenvalue weighted by molar-refractivity contribution is -0.139. The third-order valence-corrected chi connectivity index (χ3v) is 5.77. The molecule has 1 saturated heterocycles. The summed E-state index contributed by atoms with van der Waals surface area (Å²) in [6.07, 6.45) is 4.73. The van der Waals surface area contributed by atoms with Crippen LogP contribution in [0.3, 0.4) is 0 Å². The van der Waals surface area contributed by atoms with Crippen molar-refractivity contribution in [3.63, 3.8) is 0 Å². The van der Waals surface area contributed by atoms with Crippen LogP contribution < -0.4 is 10.1 Å². The molecular weight excluding hydrogens is 364 g/mol. The fourth-order valence-electron chi connectivity index (χ4n) is 3.92. The predicted molar refractivity (Wildman–Crippen MR) is 117 cm³/mol. The highest BCUT2D eigenvalue weighted by Crippen LogP contribution is 2.24. The number of amides is 2. The van der Waals surface area contributed by atoms with Crippen LogP contribution in [0.25, 0.3) is 0 Å². The lowest BCUT2D eigenvalue weighted by Crippen LogP contribution is -2.53. The number of aryl methyl sites for hydroxylation is 1. The largest absolute Gasteiger partial charge is 0.497 e. The molecule has 1 N–H and O–H groups in total. The van der Waals surface area contributed by atoms with Crippen molar-refractivity contribution in [2.75, 3.05) is 20.2 Å². The first-order chi connectivity index (χ1) is 13.8. The SMILES string of the molecule is COc1ccc(CCC2CCN(C(=O)C(NC(=O)CC(C)C)C(C)C)CC2)cc1. The summed E-state index contributed by atoms with van der Waals surface area (Å²) in [5.41, 5.74) is 1.33. The Kier molecular flexibility index (Phi) is 8.99. The predicted octanol–water partition coefficient (Wildman–Crippen LogP) is 4.05. The molecule has 1 aromatic carbocycles. The number of hydrogen-bond donors (Lipinski definition) is 1. The Balaban J connectivity index is 1.81. The molecule has 1 fully saturated rings. The van der Waals surface area contributed by atoms with Crippen molar-refractivity contribution in [1.82, 2.24) is 10.2 Å². The van der Waals surface area contributed by atoms with Gasteiger partial charge in [-0.2, -0.15) is 0 Å². The number of methoxy groups -OCH3 is 1. The summed E-state index contributed by atoms with van der Waals surface area (Å²) in [5, 5.41) is 2.97. The number of hydrogen-bond acceptors (Lipinski definition) is 3. The summed E-state index contributed by atoms with van der Waals surface area (Å²) in [6.45, 7) is 9.61. The molecule has 1 aliphatic rings. The molecule has 2 rings (SSSR count). The van der Waals surface area contributed by atoms with Crippen molar-refractivity contribution >= 4 is 11.8 Å². The Morgan fingerprint density at radius 3 is 2.24 bits per heavy atom. The Labute approximate surface area is 176 Å². The minimum Gasteiger partial charge on any atom is -0.497 e. The summed E-state index contributed by atoms with van der Waals surface area (Å²) in [7, 11) is 1.68. The van der Waals surface area contributed by atoms with Gasteiger partial charge in [0.05, 0.1) is 7.11 Å². The van der Waals surface area contributed by atoms with Crippen molar-refractivity contribution < 1.29 is 14.3 Å². The number of nitrogens with zero attached hydrogens (tertiary/aromatic N) is 1. The van der Waals surface area contributed by atoms with E-state index in [9.17, 15) is 9.59 Å². The lowest BCUT2D eigenvalue weighted by Gasteiger charge is -2.35. The number of piperidine rings is 1. The van der Waals surface area contributed by atoms with E-state index in [0.717, 1.165) is 44.5 Å². The Bertz CT molecular complexity index is 647. The minimum absolute atomic E-state index is 0.0265. The Morgan fingerprint density at radius 1 is 1.10 bits per heavy atom. The monoisotopic (exact) mass is 402 g/mol. The number of ether oxygens (including phenoxy) is 1. The molecule has 1 aromatic rings. The number of carbonyl (C=O) groups excluding carboxylic acids is 2. The van der Waals surface area contributed by atoms with Crippen LogP contribution in [0.4, 0.5) is 0 Å². The van der Waals surface area contributed by atoms with Crippen LogP contribution in [-0.4, -0.2) is 43.0 Å². The number of carbonyl (C=O) groups is 2. The third kappa shape index (κ3) is 7.37. The van der Waals surface area contributed by atoms with Gasteiger partial charge < -0.3 is 15.0 Å². The summed E-state index contributed by atoms with van der Waals surface area (Å²) < 4.78 is 5.21. The summed E-state index contributed by atoms with van der Waals surface area (Å²) >= 11 is 0. The average molecular weight is 403 g/mol. The molecule has 1 aliphatic heterocycles. The first kappa shape index (κ1) is 23.2. The zero-order valence-corrected chi connectivity index (χ0v) is 18.7. The van der Waals surface area contributed by atoms with Crippen molar-refractivity contribution in [1.29, 1.82) is 0 Å². The molecule has 0 aliphatic carbocycles. The van der Waals surface area contributed by atoms with Crippen molar-refractivity contribution in [2.45, 2.75) is 65.8 Å². The van der Waals surface area contributed by atoms with Gasteiger partial charge in [0.2, 0.25) is 11.8 Å². The van der Waals surface area contributed by atoms with Crippen LogP contribution in [-0.2, 0) is 16.0 Å². The van der Waals surface area contributed by atoms with Gasteiger partial charge in [-0.25, -0.2) is 0 Å². The van der Waals surface area contributed by atoms with Crippen molar-refractivity contribution in [3.8, 4) is 5.75 Å². The first-order valence-electron chi connectivity index (χ1n) is 11.0. The van der Waals surface area contributed by atoms with Gasteiger partial charge >= 0.3 is 0 Å². The van der Waals surface area contributed by atoms with Gasteiger partial charge in [-0.3, -0.25) is 9.59 Å². The minimum atomic E-state index is -0.419. The molecule has 1 atom stereocenters. The molecule has 1 heterocycles. The molecule has 0 saturated carbocycles. The average Bonchev–Trinajstić information content (AvgIpc) is 2.70. The molecule has 0 bridgehead atoms. The van der Waals surface area contributed by atoms with Gasteiger partial charge in [-0.05, 0) is 61.1 Å². The summed E-state index contributed by atoms with van der Waals surface area (Å²) in [5.74, 6) is 1.97. The maximum Gasteiger partial charge on any atom is 0.245 e. The van der Waals surface area contributed by atoms with Gasteiger partial charge in [0, 0.05) is 19.5 Å². The molecule has 29 heavy (non-hydrogen) atoms. The number of rotatable bonds is 9. The molecule has 5 nitrogen and oxygen atoms in total. The highest BCUT2D eigenvalue weighted by molar-refractivity contribution is 5.88. The second-order valence-corrected chi connectivity index (χ2v) is 9.04. The quantitative estimate of drug-likeness (QED) is 0.678. The smallest absolute Gasteiger partial charge is 0.245 e. The fourth-order valence-corrected chi connectivity index (χ4v) is 3.92. The van der Waals surface area contributed by atoms with Crippen LogP contribution >= 0.6 is 0 Å².